The Kier molecular flexibility index (Phi) is 5.17. The van der Waals surface area contributed by atoms with Gasteiger partial charge in [0, 0.05) is 23.4 Å². The second kappa shape index (κ2) is 6.55. The molecule has 4 nitrogen and oxygen atoms in total. The third-order valence-corrected chi connectivity index (χ3v) is 5.63. The van der Waals surface area contributed by atoms with Crippen molar-refractivity contribution in [2.24, 2.45) is 5.92 Å². The standard InChI is InChI=1S/C15H22ClNO3S/c1-5-20-7-6-17-14(18)13(16)15(17,10(2)3)12-8-11(19-4)9-21-12/h8-10,13H,5-7H2,1-4H3. The number of amides is 1. The molecule has 1 saturated heterocycles. The van der Waals surface area contributed by atoms with Crippen LogP contribution >= 0.6 is 22.9 Å². The van der Waals surface area contributed by atoms with Crippen molar-refractivity contribution in [3.8, 4) is 5.75 Å². The Morgan fingerprint density at radius 2 is 2.24 bits per heavy atom. The van der Waals surface area contributed by atoms with Gasteiger partial charge in [-0.15, -0.1) is 22.9 Å². The van der Waals surface area contributed by atoms with Crippen molar-refractivity contribution in [2.75, 3.05) is 26.9 Å². The molecule has 6 heteroatoms. The largest absolute Gasteiger partial charge is 0.496 e. The van der Waals surface area contributed by atoms with Crippen LogP contribution in [0.5, 0.6) is 5.75 Å². The summed E-state index contributed by atoms with van der Waals surface area (Å²) in [7, 11) is 1.64. The zero-order valence-electron chi connectivity index (χ0n) is 12.9. The van der Waals surface area contributed by atoms with Crippen LogP contribution in [0.2, 0.25) is 0 Å². The normalized spacial score (nSPS) is 25.3. The van der Waals surface area contributed by atoms with Crippen molar-refractivity contribution >= 4 is 28.8 Å². The lowest BCUT2D eigenvalue weighted by Gasteiger charge is -2.57. The predicted molar refractivity (Wildman–Crippen MR) is 85.2 cm³/mol. The van der Waals surface area contributed by atoms with Gasteiger partial charge in [-0.2, -0.15) is 0 Å². The highest BCUT2D eigenvalue weighted by atomic mass is 35.5. The fourth-order valence-electron chi connectivity index (χ4n) is 2.96. The smallest absolute Gasteiger partial charge is 0.244 e. The molecular formula is C15H22ClNO3S. The number of β-lactam (4-membered cyclic amide) rings is 1. The summed E-state index contributed by atoms with van der Waals surface area (Å²) < 4.78 is 10.7. The molecule has 1 aliphatic heterocycles. The molecular weight excluding hydrogens is 310 g/mol. The van der Waals surface area contributed by atoms with Gasteiger partial charge in [-0.25, -0.2) is 0 Å². The first-order valence-corrected chi connectivity index (χ1v) is 8.48. The second-order valence-corrected chi connectivity index (χ2v) is 6.73. The monoisotopic (exact) mass is 331 g/mol. The highest BCUT2D eigenvalue weighted by Gasteiger charge is 2.62. The average Bonchev–Trinajstić information content (AvgIpc) is 2.94. The average molecular weight is 332 g/mol. The third kappa shape index (κ3) is 2.56. The predicted octanol–water partition coefficient (Wildman–Crippen LogP) is 3.09. The van der Waals surface area contributed by atoms with Crippen LogP contribution in [0.15, 0.2) is 11.4 Å². The molecule has 0 saturated carbocycles. The molecule has 2 unspecified atom stereocenters. The number of hydrogen-bond donors (Lipinski definition) is 0. The van der Waals surface area contributed by atoms with E-state index >= 15 is 0 Å². The van der Waals surface area contributed by atoms with Crippen LogP contribution in [0.1, 0.15) is 25.6 Å². The van der Waals surface area contributed by atoms with Crippen molar-refractivity contribution in [2.45, 2.75) is 31.7 Å². The van der Waals surface area contributed by atoms with E-state index in [0.29, 0.717) is 19.8 Å². The van der Waals surface area contributed by atoms with Crippen molar-refractivity contribution in [1.82, 2.24) is 4.90 Å². The van der Waals surface area contributed by atoms with E-state index in [0.717, 1.165) is 10.6 Å². The van der Waals surface area contributed by atoms with Gasteiger partial charge in [-0.05, 0) is 18.9 Å². The number of alkyl halides is 1. The molecule has 1 aliphatic rings. The molecule has 0 aliphatic carbocycles. The zero-order chi connectivity index (χ0) is 15.6. The molecule has 118 valence electrons. The summed E-state index contributed by atoms with van der Waals surface area (Å²) >= 11 is 8.04. The fourth-order valence-corrected chi connectivity index (χ4v) is 4.87. The number of hydrogen-bond acceptors (Lipinski definition) is 4. The number of likely N-dealkylation sites (tertiary alicyclic amines) is 1. The lowest BCUT2D eigenvalue weighted by Crippen LogP contribution is -2.72. The summed E-state index contributed by atoms with van der Waals surface area (Å²) in [6, 6.07) is 1.99. The van der Waals surface area contributed by atoms with E-state index < -0.39 is 10.9 Å². The van der Waals surface area contributed by atoms with Gasteiger partial charge in [0.2, 0.25) is 5.91 Å². The van der Waals surface area contributed by atoms with Gasteiger partial charge < -0.3 is 14.4 Å². The van der Waals surface area contributed by atoms with Gasteiger partial charge >= 0.3 is 0 Å². The van der Waals surface area contributed by atoms with E-state index in [9.17, 15) is 4.79 Å². The first-order valence-electron chi connectivity index (χ1n) is 7.16. The third-order valence-electron chi connectivity index (χ3n) is 4.07. The van der Waals surface area contributed by atoms with Crippen LogP contribution in [0.3, 0.4) is 0 Å². The van der Waals surface area contributed by atoms with E-state index in [1.165, 1.54) is 0 Å². The minimum absolute atomic E-state index is 0.0163. The Labute approximate surface area is 135 Å². The maximum atomic E-state index is 12.2. The minimum atomic E-state index is -0.525. The molecule has 0 radical (unpaired) electrons. The number of carbonyl (C=O) groups is 1. The summed E-state index contributed by atoms with van der Waals surface area (Å²) in [4.78, 5) is 15.2. The van der Waals surface area contributed by atoms with Gasteiger partial charge in [0.05, 0.1) is 13.7 Å². The first-order chi connectivity index (χ1) is 9.99. The summed E-state index contributed by atoms with van der Waals surface area (Å²) in [6.45, 7) is 7.89. The van der Waals surface area contributed by atoms with E-state index in [2.05, 4.69) is 13.8 Å². The lowest BCUT2D eigenvalue weighted by atomic mass is 9.73. The quantitative estimate of drug-likeness (QED) is 0.438. The van der Waals surface area contributed by atoms with Crippen molar-refractivity contribution in [3.63, 3.8) is 0 Å². The molecule has 0 aromatic carbocycles. The Bertz CT molecular complexity index is 505. The number of rotatable bonds is 7. The van der Waals surface area contributed by atoms with Crippen LogP contribution in [0, 0.1) is 5.92 Å². The maximum absolute atomic E-state index is 12.2. The molecule has 2 heterocycles. The second-order valence-electron chi connectivity index (χ2n) is 5.38. The zero-order valence-corrected chi connectivity index (χ0v) is 14.5. The Morgan fingerprint density at radius 1 is 1.52 bits per heavy atom. The molecule has 0 spiro atoms. The molecule has 2 rings (SSSR count). The molecule has 2 atom stereocenters. The molecule has 1 amide bonds. The SMILES string of the molecule is CCOCCN1C(=O)C(Cl)C1(c1cc(OC)cs1)C(C)C. The summed E-state index contributed by atoms with van der Waals surface area (Å²) in [5, 5.41) is 1.43. The number of carbonyl (C=O) groups excluding carboxylic acids is 1. The Hall–Kier alpha value is -0.780. The number of ether oxygens (including phenoxy) is 2. The summed E-state index contributed by atoms with van der Waals surface area (Å²) in [5.41, 5.74) is -0.461. The van der Waals surface area contributed by atoms with Gasteiger partial charge in [0.15, 0.2) is 0 Å². The Balaban J connectivity index is 2.32. The van der Waals surface area contributed by atoms with Crippen LogP contribution < -0.4 is 4.74 Å². The highest BCUT2D eigenvalue weighted by molar-refractivity contribution is 7.10. The molecule has 0 N–H and O–H groups in total. The first kappa shape index (κ1) is 16.6. The molecule has 1 aromatic heterocycles. The Morgan fingerprint density at radius 3 is 2.76 bits per heavy atom. The maximum Gasteiger partial charge on any atom is 0.244 e. The number of nitrogens with zero attached hydrogens (tertiary/aromatic N) is 1. The van der Waals surface area contributed by atoms with Gasteiger partial charge in [-0.1, -0.05) is 13.8 Å². The molecule has 1 fully saturated rings. The topological polar surface area (TPSA) is 38.8 Å². The van der Waals surface area contributed by atoms with Crippen molar-refractivity contribution < 1.29 is 14.3 Å². The van der Waals surface area contributed by atoms with Gasteiger partial charge in [-0.3, -0.25) is 4.79 Å². The molecule has 0 bridgehead atoms. The highest BCUT2D eigenvalue weighted by Crippen LogP contribution is 2.52. The van der Waals surface area contributed by atoms with Crippen LogP contribution in [-0.2, 0) is 15.1 Å². The van der Waals surface area contributed by atoms with E-state index in [-0.39, 0.29) is 11.8 Å². The van der Waals surface area contributed by atoms with Crippen LogP contribution in [0.4, 0.5) is 0 Å². The van der Waals surface area contributed by atoms with E-state index in [4.69, 9.17) is 21.1 Å². The van der Waals surface area contributed by atoms with Crippen LogP contribution in [0.25, 0.3) is 0 Å². The molecule has 1 aromatic rings. The summed E-state index contributed by atoms with van der Waals surface area (Å²) in [5.74, 6) is 1.00. The fraction of sp³-hybridized carbons (Fsp3) is 0.667. The number of halogens is 1. The van der Waals surface area contributed by atoms with Gasteiger partial charge in [0.1, 0.15) is 16.7 Å². The van der Waals surface area contributed by atoms with Crippen molar-refractivity contribution in [3.05, 3.63) is 16.3 Å². The summed E-state index contributed by atoms with van der Waals surface area (Å²) in [6.07, 6.45) is 0. The lowest BCUT2D eigenvalue weighted by molar-refractivity contribution is -0.163. The van der Waals surface area contributed by atoms with Crippen molar-refractivity contribution in [1.29, 1.82) is 0 Å². The van der Waals surface area contributed by atoms with Gasteiger partial charge in [0.25, 0.3) is 0 Å². The van der Waals surface area contributed by atoms with E-state index in [1.807, 2.05) is 23.3 Å². The van der Waals surface area contributed by atoms with Crippen LogP contribution in [-0.4, -0.2) is 43.1 Å². The number of thiophene rings is 1. The minimum Gasteiger partial charge on any atom is -0.496 e. The molecule has 21 heavy (non-hydrogen) atoms. The number of methoxy groups -OCH3 is 1. The van der Waals surface area contributed by atoms with E-state index in [1.54, 1.807) is 18.4 Å².